The summed E-state index contributed by atoms with van der Waals surface area (Å²) in [5.41, 5.74) is 4.25. The Morgan fingerprint density at radius 2 is 1.77 bits per heavy atom. The fraction of sp³-hybridized carbons (Fsp3) is 0.174. The standard InChI is InChI=1S/C23H20N4O3/c1-14-24-22-21(23-25-17-9-5-6-10-18(17)27(14)23)20(30-15(2)28)13-26(22)12-16-8-4-7-11-19(16)29-3/h4-11,13H,12H2,1-3H3. The van der Waals surface area contributed by atoms with Crippen LogP contribution in [0.5, 0.6) is 11.5 Å². The summed E-state index contributed by atoms with van der Waals surface area (Å²) in [7, 11) is 1.65. The van der Waals surface area contributed by atoms with Crippen molar-refractivity contribution in [2.24, 2.45) is 0 Å². The molecule has 0 radical (unpaired) electrons. The highest BCUT2D eigenvalue weighted by Crippen LogP contribution is 2.34. The van der Waals surface area contributed by atoms with Crippen LogP contribution in [0, 0.1) is 6.92 Å². The molecule has 0 unspecified atom stereocenters. The van der Waals surface area contributed by atoms with Crippen LogP contribution in [0.2, 0.25) is 0 Å². The zero-order valence-corrected chi connectivity index (χ0v) is 16.9. The molecular weight excluding hydrogens is 380 g/mol. The van der Waals surface area contributed by atoms with Gasteiger partial charge in [0.25, 0.3) is 0 Å². The molecule has 0 bridgehead atoms. The van der Waals surface area contributed by atoms with Crippen LogP contribution in [-0.2, 0) is 11.3 Å². The van der Waals surface area contributed by atoms with Crippen LogP contribution in [0.4, 0.5) is 0 Å². The van der Waals surface area contributed by atoms with E-state index in [4.69, 9.17) is 19.4 Å². The SMILES string of the molecule is COc1ccccc1Cn1cc(OC(C)=O)c2c1nc(C)n1c3ccccc3nc21. The van der Waals surface area contributed by atoms with E-state index >= 15 is 0 Å². The van der Waals surface area contributed by atoms with Gasteiger partial charge in [-0.05, 0) is 25.1 Å². The minimum absolute atomic E-state index is 0.388. The van der Waals surface area contributed by atoms with Gasteiger partial charge in [0.1, 0.15) is 22.6 Å². The van der Waals surface area contributed by atoms with Gasteiger partial charge in [0.05, 0.1) is 24.7 Å². The van der Waals surface area contributed by atoms with Crippen LogP contribution in [0.3, 0.4) is 0 Å². The summed E-state index contributed by atoms with van der Waals surface area (Å²) in [6, 6.07) is 15.7. The summed E-state index contributed by atoms with van der Waals surface area (Å²) in [5, 5.41) is 0.710. The van der Waals surface area contributed by atoms with Crippen molar-refractivity contribution in [3.63, 3.8) is 0 Å². The highest BCUT2D eigenvalue weighted by molar-refractivity contribution is 6.00. The third kappa shape index (κ3) is 2.78. The molecular formula is C23H20N4O3. The van der Waals surface area contributed by atoms with Gasteiger partial charge in [0, 0.05) is 18.7 Å². The van der Waals surface area contributed by atoms with Gasteiger partial charge in [-0.15, -0.1) is 0 Å². The van der Waals surface area contributed by atoms with Crippen molar-refractivity contribution in [2.45, 2.75) is 20.4 Å². The van der Waals surface area contributed by atoms with Gasteiger partial charge in [-0.1, -0.05) is 30.3 Å². The lowest BCUT2D eigenvalue weighted by Crippen LogP contribution is -2.04. The van der Waals surface area contributed by atoms with Gasteiger partial charge in [0.15, 0.2) is 11.4 Å². The lowest BCUT2D eigenvalue weighted by atomic mass is 10.2. The maximum atomic E-state index is 11.8. The molecule has 0 saturated heterocycles. The number of ether oxygens (including phenoxy) is 2. The van der Waals surface area contributed by atoms with Gasteiger partial charge in [-0.25, -0.2) is 9.97 Å². The molecule has 7 heteroatoms. The first-order valence-corrected chi connectivity index (χ1v) is 9.63. The van der Waals surface area contributed by atoms with E-state index in [-0.39, 0.29) is 5.97 Å². The number of aromatic nitrogens is 4. The zero-order chi connectivity index (χ0) is 20.8. The number of methoxy groups -OCH3 is 1. The number of benzene rings is 2. The Kier molecular flexibility index (Phi) is 4.17. The summed E-state index contributed by atoms with van der Waals surface area (Å²) in [6.07, 6.45) is 1.81. The van der Waals surface area contributed by atoms with Gasteiger partial charge in [-0.2, -0.15) is 0 Å². The van der Waals surface area contributed by atoms with Crippen LogP contribution < -0.4 is 9.47 Å². The summed E-state index contributed by atoms with van der Waals surface area (Å²) < 4.78 is 15.0. The van der Waals surface area contributed by atoms with Crippen molar-refractivity contribution in [1.29, 1.82) is 0 Å². The molecule has 3 heterocycles. The predicted molar refractivity (Wildman–Crippen MR) is 114 cm³/mol. The van der Waals surface area contributed by atoms with Crippen LogP contribution >= 0.6 is 0 Å². The van der Waals surface area contributed by atoms with E-state index in [0.29, 0.717) is 29.0 Å². The Morgan fingerprint density at radius 1 is 1.00 bits per heavy atom. The Balaban J connectivity index is 1.81. The lowest BCUT2D eigenvalue weighted by molar-refractivity contribution is -0.131. The van der Waals surface area contributed by atoms with E-state index in [1.54, 1.807) is 7.11 Å². The molecule has 0 aliphatic heterocycles. The Labute approximate surface area is 172 Å². The van der Waals surface area contributed by atoms with Crippen LogP contribution in [0.15, 0.2) is 54.7 Å². The molecule has 2 aromatic carbocycles. The van der Waals surface area contributed by atoms with Crippen molar-refractivity contribution < 1.29 is 14.3 Å². The minimum atomic E-state index is -0.388. The fourth-order valence-corrected chi connectivity index (χ4v) is 3.95. The van der Waals surface area contributed by atoms with E-state index in [1.165, 1.54) is 6.92 Å². The average molecular weight is 400 g/mol. The first kappa shape index (κ1) is 18.2. The van der Waals surface area contributed by atoms with Crippen molar-refractivity contribution in [3.8, 4) is 11.5 Å². The van der Waals surface area contributed by atoms with Gasteiger partial charge >= 0.3 is 5.97 Å². The second-order valence-electron chi connectivity index (χ2n) is 7.14. The molecule has 30 heavy (non-hydrogen) atoms. The largest absolute Gasteiger partial charge is 0.496 e. The number of rotatable bonds is 4. The van der Waals surface area contributed by atoms with Gasteiger partial charge in [0.2, 0.25) is 0 Å². The number of hydrogen-bond acceptors (Lipinski definition) is 5. The summed E-state index contributed by atoms with van der Waals surface area (Å²) in [5.74, 6) is 1.65. The number of aryl methyl sites for hydroxylation is 1. The number of carbonyl (C=O) groups is 1. The number of hydrogen-bond donors (Lipinski definition) is 0. The maximum Gasteiger partial charge on any atom is 0.308 e. The maximum absolute atomic E-state index is 11.8. The molecule has 0 atom stereocenters. The minimum Gasteiger partial charge on any atom is -0.496 e. The summed E-state index contributed by atoms with van der Waals surface area (Å²) >= 11 is 0. The topological polar surface area (TPSA) is 70.7 Å². The predicted octanol–water partition coefficient (Wildman–Crippen LogP) is 4.13. The molecule has 0 saturated carbocycles. The molecule has 150 valence electrons. The van der Waals surface area contributed by atoms with E-state index in [1.807, 2.05) is 70.6 Å². The van der Waals surface area contributed by atoms with E-state index < -0.39 is 0 Å². The average Bonchev–Trinajstić information content (AvgIpc) is 3.27. The van der Waals surface area contributed by atoms with Crippen LogP contribution in [0.25, 0.3) is 27.7 Å². The van der Waals surface area contributed by atoms with Gasteiger partial charge in [-0.3, -0.25) is 9.20 Å². The normalized spacial score (nSPS) is 11.4. The molecule has 0 aliphatic carbocycles. The molecule has 5 aromatic rings. The number of esters is 1. The highest BCUT2D eigenvalue weighted by Gasteiger charge is 2.21. The second kappa shape index (κ2) is 6.88. The number of nitrogens with zero attached hydrogens (tertiary/aromatic N) is 4. The monoisotopic (exact) mass is 400 g/mol. The molecule has 0 N–H and O–H groups in total. The van der Waals surface area contributed by atoms with E-state index in [2.05, 4.69) is 0 Å². The van der Waals surface area contributed by atoms with Crippen molar-refractivity contribution in [3.05, 3.63) is 66.1 Å². The lowest BCUT2D eigenvalue weighted by Gasteiger charge is -2.10. The molecule has 0 spiro atoms. The molecule has 0 aliphatic rings. The Bertz CT molecular complexity index is 1430. The smallest absolute Gasteiger partial charge is 0.308 e. The van der Waals surface area contributed by atoms with Crippen LogP contribution in [-0.4, -0.2) is 32.0 Å². The molecule has 7 nitrogen and oxygen atoms in total. The zero-order valence-electron chi connectivity index (χ0n) is 16.9. The van der Waals surface area contributed by atoms with Crippen molar-refractivity contribution >= 4 is 33.7 Å². The van der Waals surface area contributed by atoms with Crippen molar-refractivity contribution in [1.82, 2.24) is 18.9 Å². The van der Waals surface area contributed by atoms with Gasteiger partial charge < -0.3 is 14.0 Å². The summed E-state index contributed by atoms with van der Waals surface area (Å²) in [6.45, 7) is 3.86. The summed E-state index contributed by atoms with van der Waals surface area (Å²) in [4.78, 5) is 21.5. The van der Waals surface area contributed by atoms with Crippen molar-refractivity contribution in [2.75, 3.05) is 7.11 Å². The van der Waals surface area contributed by atoms with E-state index in [0.717, 1.165) is 28.2 Å². The Morgan fingerprint density at radius 3 is 2.57 bits per heavy atom. The second-order valence-corrected chi connectivity index (χ2v) is 7.14. The fourth-order valence-electron chi connectivity index (χ4n) is 3.95. The number of fused-ring (bicyclic) bond motifs is 5. The Hall–Kier alpha value is -3.87. The quantitative estimate of drug-likeness (QED) is 0.424. The van der Waals surface area contributed by atoms with Crippen LogP contribution in [0.1, 0.15) is 18.3 Å². The van der Waals surface area contributed by atoms with E-state index in [9.17, 15) is 4.79 Å². The molecule has 5 rings (SSSR count). The third-order valence-electron chi connectivity index (χ3n) is 5.18. The number of carbonyl (C=O) groups excluding carboxylic acids is 1. The molecule has 0 fully saturated rings. The molecule has 3 aromatic heterocycles. The molecule has 0 amide bonds. The first-order valence-electron chi connectivity index (χ1n) is 9.63. The number of imidazole rings is 1. The third-order valence-corrected chi connectivity index (χ3v) is 5.18. The first-order chi connectivity index (χ1) is 14.6. The highest BCUT2D eigenvalue weighted by atomic mass is 16.5. The number of para-hydroxylation sites is 3.